The van der Waals surface area contributed by atoms with Crippen molar-refractivity contribution in [2.24, 2.45) is 23.7 Å². The van der Waals surface area contributed by atoms with Crippen LogP contribution in [0.4, 0.5) is 0 Å². The minimum atomic E-state index is -1.38. The molecule has 8 heteroatoms. The number of hydrogen-bond donors (Lipinski definition) is 2. The molecule has 8 nitrogen and oxygen atoms in total. The number of aromatic hydroxyl groups is 1. The molecule has 3 aromatic rings. The van der Waals surface area contributed by atoms with Crippen LogP contribution in [0.15, 0.2) is 96.6 Å². The molecule has 0 bridgehead atoms. The molecule has 4 aliphatic rings. The molecule has 3 aliphatic carbocycles. The van der Waals surface area contributed by atoms with Crippen molar-refractivity contribution >= 4 is 29.0 Å². The van der Waals surface area contributed by atoms with Gasteiger partial charge < -0.3 is 9.84 Å². The van der Waals surface area contributed by atoms with Gasteiger partial charge in [0.15, 0.2) is 23.1 Å². The van der Waals surface area contributed by atoms with Gasteiger partial charge in [-0.25, -0.2) is 0 Å². The van der Waals surface area contributed by atoms with Crippen LogP contribution in [0.3, 0.4) is 0 Å². The number of carbonyl (C=O) groups excluding carboxylic acids is 4. The number of phenolic OH excluding ortho intramolecular Hbond substituents is 1. The zero-order valence-corrected chi connectivity index (χ0v) is 24.1. The minimum absolute atomic E-state index is 0.0595. The summed E-state index contributed by atoms with van der Waals surface area (Å²) in [4.78, 5) is 55.9. The number of ketones is 2. The van der Waals surface area contributed by atoms with Crippen molar-refractivity contribution in [3.8, 4) is 11.5 Å². The van der Waals surface area contributed by atoms with Crippen LogP contribution in [0.25, 0.3) is 5.57 Å². The molecule has 2 fully saturated rings. The molecule has 1 heterocycles. The van der Waals surface area contributed by atoms with E-state index in [9.17, 15) is 29.5 Å². The van der Waals surface area contributed by atoms with Gasteiger partial charge in [-0.2, -0.15) is 5.06 Å². The summed E-state index contributed by atoms with van der Waals surface area (Å²) < 4.78 is 5.74. The van der Waals surface area contributed by atoms with E-state index in [-0.39, 0.29) is 41.0 Å². The quantitative estimate of drug-likeness (QED) is 0.244. The van der Waals surface area contributed by atoms with E-state index in [4.69, 9.17) is 4.74 Å². The van der Waals surface area contributed by atoms with Crippen LogP contribution in [0.5, 0.6) is 11.5 Å². The number of hydroxylamine groups is 2. The number of benzene rings is 3. The summed E-state index contributed by atoms with van der Waals surface area (Å²) in [6.07, 6.45) is 3.75. The maximum atomic E-state index is 14.9. The molecule has 1 aliphatic heterocycles. The van der Waals surface area contributed by atoms with E-state index in [1.54, 1.807) is 31.2 Å². The smallest absolute Gasteiger partial charge is 0.257 e. The molecule has 0 aromatic heterocycles. The molecule has 0 radical (unpaired) electrons. The first-order valence-electron chi connectivity index (χ1n) is 14.9. The molecule has 1 saturated heterocycles. The van der Waals surface area contributed by atoms with Gasteiger partial charge in [-0.3, -0.25) is 24.4 Å². The molecule has 6 atom stereocenters. The number of rotatable bonds is 5. The zero-order valence-electron chi connectivity index (χ0n) is 24.1. The average Bonchev–Trinajstić information content (AvgIpc) is 3.27. The summed E-state index contributed by atoms with van der Waals surface area (Å²) in [6, 6.07) is 23.3. The molecule has 1 saturated carbocycles. The first-order valence-corrected chi connectivity index (χ1v) is 14.9. The fourth-order valence-corrected chi connectivity index (χ4v) is 8.21. The van der Waals surface area contributed by atoms with E-state index in [0.29, 0.717) is 28.9 Å². The SMILES string of the molecule is CCOc1cc([C@H]2C3=CC[C@@H]4C(=O)N(O)C(=O)[C@@H]4[C@@H]3C[C@H]3C(=O)C(c4ccccc4)=CC(=O)[C@@]23c2ccccc2)ccc1O. The predicted octanol–water partition coefficient (Wildman–Crippen LogP) is 5.00. The standard InChI is InChI=1S/C36H31NO7/c1-2-44-29-17-21(13-16-28(29)38)32-23-14-15-24-31(35(42)37(43)34(24)41)26(23)18-27-33(40)25(20-9-5-3-6-10-20)19-30(39)36(27,32)22-11-7-4-8-12-22/h3-14,16-17,19,24,26-27,31-32,38,43H,2,15,18H2,1H3/t24-,26+,27-,31-,32-,36-/m0/s1. The van der Waals surface area contributed by atoms with Crippen molar-refractivity contribution < 1.29 is 34.2 Å². The monoisotopic (exact) mass is 589 g/mol. The maximum absolute atomic E-state index is 14.9. The third kappa shape index (κ3) is 3.87. The highest BCUT2D eigenvalue weighted by Gasteiger charge is 2.66. The summed E-state index contributed by atoms with van der Waals surface area (Å²) >= 11 is 0. The Morgan fingerprint density at radius 2 is 1.61 bits per heavy atom. The highest BCUT2D eigenvalue weighted by molar-refractivity contribution is 6.31. The number of phenols is 1. The van der Waals surface area contributed by atoms with Crippen molar-refractivity contribution in [1.29, 1.82) is 0 Å². The van der Waals surface area contributed by atoms with Gasteiger partial charge in [-0.1, -0.05) is 78.4 Å². The lowest BCUT2D eigenvalue weighted by Gasteiger charge is -2.55. The Kier molecular flexibility index (Phi) is 6.62. The summed E-state index contributed by atoms with van der Waals surface area (Å²) in [5.74, 6) is -5.40. The number of fused-ring (bicyclic) bond motifs is 4. The summed E-state index contributed by atoms with van der Waals surface area (Å²) in [7, 11) is 0. The second-order valence-corrected chi connectivity index (χ2v) is 11.9. The number of hydrogen-bond acceptors (Lipinski definition) is 7. The van der Waals surface area contributed by atoms with Crippen LogP contribution < -0.4 is 4.74 Å². The second kappa shape index (κ2) is 10.4. The average molecular weight is 590 g/mol. The summed E-state index contributed by atoms with van der Waals surface area (Å²) in [5, 5.41) is 21.2. The first kappa shape index (κ1) is 28.0. The van der Waals surface area contributed by atoms with Crippen molar-refractivity contribution in [2.45, 2.75) is 31.1 Å². The molecule has 2 N–H and O–H groups in total. The largest absolute Gasteiger partial charge is 0.504 e. The Balaban J connectivity index is 1.53. The number of ether oxygens (including phenoxy) is 1. The zero-order chi connectivity index (χ0) is 30.7. The van der Waals surface area contributed by atoms with Crippen LogP contribution in [-0.2, 0) is 24.6 Å². The predicted molar refractivity (Wildman–Crippen MR) is 159 cm³/mol. The van der Waals surface area contributed by atoms with Crippen molar-refractivity contribution in [3.63, 3.8) is 0 Å². The molecule has 222 valence electrons. The maximum Gasteiger partial charge on any atom is 0.257 e. The van der Waals surface area contributed by atoms with E-state index >= 15 is 0 Å². The lowest BCUT2D eigenvalue weighted by Crippen LogP contribution is -2.58. The van der Waals surface area contributed by atoms with Crippen LogP contribution in [0.2, 0.25) is 0 Å². The first-order chi connectivity index (χ1) is 21.3. The number of imide groups is 1. The number of allylic oxidation sites excluding steroid dienone is 4. The summed E-state index contributed by atoms with van der Waals surface area (Å²) in [6.45, 7) is 2.10. The lowest BCUT2D eigenvalue weighted by atomic mass is 9.44. The third-order valence-corrected chi connectivity index (χ3v) is 9.97. The van der Waals surface area contributed by atoms with Crippen LogP contribution in [0.1, 0.15) is 42.4 Å². The van der Waals surface area contributed by atoms with Gasteiger partial charge in [-0.15, -0.1) is 0 Å². The molecule has 0 unspecified atom stereocenters. The van der Waals surface area contributed by atoms with Gasteiger partial charge in [0.05, 0.1) is 23.9 Å². The molecule has 7 rings (SSSR count). The number of amides is 2. The Morgan fingerprint density at radius 3 is 2.32 bits per heavy atom. The topological polar surface area (TPSA) is 121 Å². The molecule has 0 spiro atoms. The Bertz CT molecular complexity index is 1760. The number of nitrogens with zero attached hydrogens (tertiary/aromatic N) is 1. The summed E-state index contributed by atoms with van der Waals surface area (Å²) in [5.41, 5.74) is 1.64. The van der Waals surface area contributed by atoms with E-state index in [2.05, 4.69) is 0 Å². The Morgan fingerprint density at radius 1 is 0.909 bits per heavy atom. The highest BCUT2D eigenvalue weighted by Crippen LogP contribution is 2.63. The van der Waals surface area contributed by atoms with Gasteiger partial charge in [0, 0.05) is 17.4 Å². The molecule has 44 heavy (non-hydrogen) atoms. The molecule has 2 amide bonds. The van der Waals surface area contributed by atoms with Gasteiger partial charge in [0.1, 0.15) is 0 Å². The Labute approximate surface area is 254 Å². The van der Waals surface area contributed by atoms with Crippen LogP contribution >= 0.6 is 0 Å². The van der Waals surface area contributed by atoms with Crippen molar-refractivity contribution in [1.82, 2.24) is 5.06 Å². The van der Waals surface area contributed by atoms with Gasteiger partial charge >= 0.3 is 0 Å². The highest BCUT2D eigenvalue weighted by atomic mass is 16.5. The Hall–Kier alpha value is -4.82. The molecule has 3 aromatic carbocycles. The van der Waals surface area contributed by atoms with Crippen LogP contribution in [0, 0.1) is 23.7 Å². The molecular weight excluding hydrogens is 558 g/mol. The van der Waals surface area contributed by atoms with Crippen molar-refractivity contribution in [2.75, 3.05) is 6.61 Å². The van der Waals surface area contributed by atoms with E-state index < -0.39 is 46.8 Å². The molecular formula is C36H31NO7. The normalized spacial score (nSPS) is 29.4. The van der Waals surface area contributed by atoms with Gasteiger partial charge in [-0.05, 0) is 60.6 Å². The minimum Gasteiger partial charge on any atom is -0.504 e. The van der Waals surface area contributed by atoms with Gasteiger partial charge in [0.25, 0.3) is 11.8 Å². The third-order valence-electron chi connectivity index (χ3n) is 9.97. The second-order valence-electron chi connectivity index (χ2n) is 11.9. The van der Waals surface area contributed by atoms with Crippen LogP contribution in [-0.4, -0.2) is 45.4 Å². The van der Waals surface area contributed by atoms with E-state index in [1.165, 1.54) is 12.1 Å². The number of Topliss-reactive ketones (excluding diaryl/α,β-unsaturated/α-hetero) is 1. The van der Waals surface area contributed by atoms with E-state index in [0.717, 1.165) is 5.57 Å². The van der Waals surface area contributed by atoms with E-state index in [1.807, 2.05) is 54.6 Å². The fourth-order valence-electron chi connectivity index (χ4n) is 8.21. The fraction of sp³-hybridized carbons (Fsp3) is 0.278. The van der Waals surface area contributed by atoms with Crippen molar-refractivity contribution in [3.05, 3.63) is 113 Å². The number of carbonyl (C=O) groups is 4. The van der Waals surface area contributed by atoms with Gasteiger partial charge in [0.2, 0.25) is 0 Å². The lowest BCUT2D eigenvalue weighted by molar-refractivity contribution is -0.173.